The highest BCUT2D eigenvalue weighted by Gasteiger charge is 2.21. The number of benzene rings is 2. The minimum atomic E-state index is -0.338. The van der Waals surface area contributed by atoms with Crippen LogP contribution in [0.3, 0.4) is 0 Å². The van der Waals surface area contributed by atoms with Crippen molar-refractivity contribution in [2.24, 2.45) is 0 Å². The van der Waals surface area contributed by atoms with E-state index in [2.05, 4.69) is 71.6 Å². The molecular weight excluding hydrogens is 396 g/mol. The molecule has 32 heavy (non-hydrogen) atoms. The molecule has 2 heterocycles. The van der Waals surface area contributed by atoms with Gasteiger partial charge in [-0.05, 0) is 60.7 Å². The maximum atomic E-state index is 12.2. The normalized spacial score (nSPS) is 16.3. The number of hydrogen-bond donors (Lipinski definition) is 0. The maximum absolute atomic E-state index is 12.2. The maximum Gasteiger partial charge on any atom is 0.329 e. The number of ether oxygens (including phenoxy) is 1. The third-order valence-electron chi connectivity index (χ3n) is 6.40. The Bertz CT molecular complexity index is 986. The highest BCUT2D eigenvalue weighted by Crippen LogP contribution is 2.27. The summed E-state index contributed by atoms with van der Waals surface area (Å²) >= 11 is 0. The molecule has 1 atom stereocenters. The molecule has 3 aromatic rings. The van der Waals surface area contributed by atoms with Gasteiger partial charge in [0.05, 0.1) is 7.11 Å². The summed E-state index contributed by atoms with van der Waals surface area (Å²) in [6, 6.07) is 22.9. The van der Waals surface area contributed by atoms with E-state index in [1.807, 2.05) is 29.1 Å². The van der Waals surface area contributed by atoms with Crippen molar-refractivity contribution < 1.29 is 9.53 Å². The van der Waals surface area contributed by atoms with Gasteiger partial charge in [-0.25, -0.2) is 4.79 Å². The first-order valence-corrected chi connectivity index (χ1v) is 11.5. The zero-order valence-corrected chi connectivity index (χ0v) is 18.8. The molecule has 0 unspecified atom stereocenters. The average molecular weight is 429 g/mol. The van der Waals surface area contributed by atoms with Crippen LogP contribution in [0.5, 0.6) is 0 Å². The molecule has 4 rings (SSSR count). The van der Waals surface area contributed by atoms with Crippen molar-refractivity contribution >= 4 is 12.0 Å². The van der Waals surface area contributed by atoms with Crippen LogP contribution in [0.2, 0.25) is 0 Å². The van der Waals surface area contributed by atoms with Gasteiger partial charge in [0.15, 0.2) is 0 Å². The Labute approximate surface area is 191 Å². The van der Waals surface area contributed by atoms with Crippen LogP contribution in [0.4, 0.5) is 0 Å². The third-order valence-corrected chi connectivity index (χ3v) is 6.40. The van der Waals surface area contributed by atoms with Crippen LogP contribution in [0, 0.1) is 0 Å². The number of aromatic nitrogens is 1. The van der Waals surface area contributed by atoms with Crippen molar-refractivity contribution in [1.29, 1.82) is 0 Å². The number of esters is 1. The summed E-state index contributed by atoms with van der Waals surface area (Å²) in [5, 5.41) is 0. The lowest BCUT2D eigenvalue weighted by atomic mass is 9.89. The van der Waals surface area contributed by atoms with Crippen LogP contribution in [0.1, 0.15) is 41.5 Å². The fourth-order valence-electron chi connectivity index (χ4n) is 4.50. The van der Waals surface area contributed by atoms with Crippen molar-refractivity contribution in [2.75, 3.05) is 26.7 Å². The summed E-state index contributed by atoms with van der Waals surface area (Å²) < 4.78 is 6.90. The molecule has 0 amide bonds. The molecule has 1 fully saturated rings. The molecule has 1 aromatic heterocycles. The van der Waals surface area contributed by atoms with Crippen molar-refractivity contribution in [3.05, 3.63) is 102 Å². The fraction of sp³-hybridized carbons (Fsp3) is 0.321. The lowest BCUT2D eigenvalue weighted by Gasteiger charge is -2.31. The van der Waals surface area contributed by atoms with E-state index in [1.54, 1.807) is 0 Å². The highest BCUT2D eigenvalue weighted by molar-refractivity contribution is 5.74. The second-order valence-electron chi connectivity index (χ2n) is 8.50. The van der Waals surface area contributed by atoms with Crippen LogP contribution < -0.4 is 0 Å². The molecule has 1 aliphatic heterocycles. The molecule has 1 aliphatic rings. The van der Waals surface area contributed by atoms with Gasteiger partial charge in [0, 0.05) is 25.4 Å². The van der Waals surface area contributed by atoms with Crippen molar-refractivity contribution in [3.63, 3.8) is 0 Å². The highest BCUT2D eigenvalue weighted by atomic mass is 16.5. The molecule has 0 N–H and O–H groups in total. The minimum absolute atomic E-state index is 0.221. The van der Waals surface area contributed by atoms with Gasteiger partial charge in [0.25, 0.3) is 0 Å². The molecule has 0 spiro atoms. The van der Waals surface area contributed by atoms with Crippen LogP contribution in [0.25, 0.3) is 6.08 Å². The van der Waals surface area contributed by atoms with Gasteiger partial charge in [0.1, 0.15) is 6.04 Å². The fourth-order valence-corrected chi connectivity index (χ4v) is 4.50. The topological polar surface area (TPSA) is 34.5 Å². The predicted octanol–water partition coefficient (Wildman–Crippen LogP) is 5.34. The van der Waals surface area contributed by atoms with Gasteiger partial charge < -0.3 is 9.30 Å². The molecule has 0 saturated carbocycles. The smallest absolute Gasteiger partial charge is 0.329 e. The number of rotatable bonds is 8. The summed E-state index contributed by atoms with van der Waals surface area (Å²) in [4.78, 5) is 14.7. The number of methoxy groups -OCH3 is 1. The second kappa shape index (κ2) is 11.0. The lowest BCUT2D eigenvalue weighted by molar-refractivity contribution is -0.144. The minimum Gasteiger partial charge on any atom is -0.467 e. The predicted molar refractivity (Wildman–Crippen MR) is 130 cm³/mol. The summed E-state index contributed by atoms with van der Waals surface area (Å²) in [7, 11) is 1.44. The first-order chi connectivity index (χ1) is 15.7. The molecule has 0 radical (unpaired) electrons. The molecule has 2 aromatic carbocycles. The Morgan fingerprint density at radius 2 is 1.69 bits per heavy atom. The number of hydrogen-bond acceptors (Lipinski definition) is 3. The standard InChI is InChI=1S/C28H32N2O2/c1-32-28(31)27(30-18-5-6-19-30)22-24-13-11-23(12-14-24)8-7-17-29-20-15-26(16-21-29)25-9-3-2-4-10-25/h2-14,18-19,26-27H,15-17,20-22H2,1H3/t27-/m0/s1. The van der Waals surface area contributed by atoms with Crippen molar-refractivity contribution in [3.8, 4) is 0 Å². The summed E-state index contributed by atoms with van der Waals surface area (Å²) in [6.07, 6.45) is 11.3. The number of likely N-dealkylation sites (tertiary alicyclic amines) is 1. The van der Waals surface area contributed by atoms with E-state index < -0.39 is 0 Å². The van der Waals surface area contributed by atoms with Gasteiger partial charge in [-0.2, -0.15) is 0 Å². The summed E-state index contributed by atoms with van der Waals surface area (Å²) in [6.45, 7) is 3.29. The zero-order valence-electron chi connectivity index (χ0n) is 18.8. The first kappa shape index (κ1) is 22.1. The van der Waals surface area contributed by atoms with Crippen molar-refractivity contribution in [2.45, 2.75) is 31.2 Å². The third kappa shape index (κ3) is 5.77. The molecule has 166 valence electrons. The monoisotopic (exact) mass is 428 g/mol. The van der Waals surface area contributed by atoms with E-state index in [-0.39, 0.29) is 12.0 Å². The van der Waals surface area contributed by atoms with E-state index in [0.717, 1.165) is 25.2 Å². The number of nitrogens with zero attached hydrogens (tertiary/aromatic N) is 2. The van der Waals surface area contributed by atoms with Crippen molar-refractivity contribution in [1.82, 2.24) is 9.47 Å². The number of piperidine rings is 1. The Morgan fingerprint density at radius 3 is 2.34 bits per heavy atom. The van der Waals surface area contributed by atoms with Gasteiger partial charge >= 0.3 is 5.97 Å². The Morgan fingerprint density at radius 1 is 1.00 bits per heavy atom. The van der Waals surface area contributed by atoms with Crippen LogP contribution >= 0.6 is 0 Å². The largest absolute Gasteiger partial charge is 0.467 e. The molecule has 4 nitrogen and oxygen atoms in total. The van der Waals surface area contributed by atoms with Crippen LogP contribution in [0.15, 0.2) is 85.2 Å². The second-order valence-corrected chi connectivity index (χ2v) is 8.50. The summed E-state index contributed by atoms with van der Waals surface area (Å²) in [5.74, 6) is 0.477. The molecule has 1 saturated heterocycles. The Balaban J connectivity index is 1.27. The van der Waals surface area contributed by atoms with Crippen LogP contribution in [-0.4, -0.2) is 42.2 Å². The van der Waals surface area contributed by atoms with E-state index in [4.69, 9.17) is 4.74 Å². The average Bonchev–Trinajstić information content (AvgIpc) is 3.39. The summed E-state index contributed by atoms with van der Waals surface area (Å²) in [5.41, 5.74) is 3.78. The SMILES string of the molecule is COC(=O)[C@H](Cc1ccc(C=CCN2CCC(c3ccccc3)CC2)cc1)n1cccc1. The molecule has 0 bridgehead atoms. The number of carbonyl (C=O) groups is 1. The van der Waals surface area contributed by atoms with E-state index in [0.29, 0.717) is 12.3 Å². The molecule has 0 aliphatic carbocycles. The molecular formula is C28H32N2O2. The van der Waals surface area contributed by atoms with Gasteiger partial charge in [0.2, 0.25) is 0 Å². The van der Waals surface area contributed by atoms with Crippen LogP contribution in [-0.2, 0) is 16.0 Å². The lowest BCUT2D eigenvalue weighted by Crippen LogP contribution is -2.32. The Hall–Kier alpha value is -3.11. The van der Waals surface area contributed by atoms with E-state index in [9.17, 15) is 4.79 Å². The van der Waals surface area contributed by atoms with Gasteiger partial charge in [-0.15, -0.1) is 0 Å². The number of carbonyl (C=O) groups excluding carboxylic acids is 1. The van der Waals surface area contributed by atoms with Gasteiger partial charge in [-0.1, -0.05) is 66.7 Å². The van der Waals surface area contributed by atoms with E-state index >= 15 is 0 Å². The van der Waals surface area contributed by atoms with E-state index in [1.165, 1.54) is 31.1 Å². The zero-order chi connectivity index (χ0) is 22.2. The van der Waals surface area contributed by atoms with Gasteiger partial charge in [-0.3, -0.25) is 4.90 Å². The quantitative estimate of drug-likeness (QED) is 0.454. The Kier molecular flexibility index (Phi) is 7.57. The first-order valence-electron chi connectivity index (χ1n) is 11.5. The molecule has 4 heteroatoms.